The number of rotatable bonds is 4. The maximum absolute atomic E-state index is 12.7. The van der Waals surface area contributed by atoms with Gasteiger partial charge in [-0.05, 0) is 31.0 Å². The minimum absolute atomic E-state index is 0.142. The summed E-state index contributed by atoms with van der Waals surface area (Å²) < 4.78 is 7.11. The number of carbonyl (C=O) groups excluding carboxylic acids is 1. The molecule has 6 nitrogen and oxygen atoms in total. The third-order valence-corrected chi connectivity index (χ3v) is 4.61. The summed E-state index contributed by atoms with van der Waals surface area (Å²) in [7, 11) is 1.59. The van der Waals surface area contributed by atoms with Gasteiger partial charge in [0.05, 0.1) is 18.1 Å². The van der Waals surface area contributed by atoms with Gasteiger partial charge in [-0.15, -0.1) is 0 Å². The number of nitrogens with zero attached hydrogens (tertiary/aromatic N) is 4. The number of likely N-dealkylation sites (tertiary alicyclic amines) is 1. The predicted molar refractivity (Wildman–Crippen MR) is 95.3 cm³/mol. The van der Waals surface area contributed by atoms with Crippen LogP contribution in [0.1, 0.15) is 12.8 Å². The van der Waals surface area contributed by atoms with E-state index in [-0.39, 0.29) is 5.91 Å². The number of ether oxygens (including phenoxy) is 1. The average Bonchev–Trinajstić information content (AvgIpc) is 3.30. The Labute approximate surface area is 146 Å². The van der Waals surface area contributed by atoms with Gasteiger partial charge in [0.25, 0.3) is 0 Å². The maximum atomic E-state index is 12.7. The molecule has 1 fully saturated rings. The first kappa shape index (κ1) is 15.6. The Morgan fingerprint density at radius 1 is 1.16 bits per heavy atom. The first-order chi connectivity index (χ1) is 12.3. The first-order valence-corrected chi connectivity index (χ1v) is 8.50. The summed E-state index contributed by atoms with van der Waals surface area (Å²) in [5.41, 5.74) is 2.70. The van der Waals surface area contributed by atoms with Gasteiger partial charge in [0.15, 0.2) is 0 Å². The van der Waals surface area contributed by atoms with Gasteiger partial charge < -0.3 is 14.2 Å². The quantitative estimate of drug-likeness (QED) is 0.735. The second-order valence-corrected chi connectivity index (χ2v) is 6.19. The lowest BCUT2D eigenvalue weighted by molar-refractivity contribution is -0.130. The number of fused-ring (bicyclic) bond motifs is 1. The molecule has 4 rings (SSSR count). The van der Waals surface area contributed by atoms with Gasteiger partial charge in [0, 0.05) is 30.9 Å². The maximum Gasteiger partial charge on any atom is 0.242 e. The van der Waals surface area contributed by atoms with Crippen LogP contribution in [0.3, 0.4) is 0 Å². The minimum Gasteiger partial charge on any atom is -0.481 e. The summed E-state index contributed by atoms with van der Waals surface area (Å²) in [6.45, 7) is 2.00. The first-order valence-electron chi connectivity index (χ1n) is 8.50. The molecule has 3 aromatic rings. The highest BCUT2D eigenvalue weighted by molar-refractivity contribution is 5.84. The van der Waals surface area contributed by atoms with E-state index in [9.17, 15) is 4.79 Å². The van der Waals surface area contributed by atoms with Gasteiger partial charge in [0.2, 0.25) is 11.8 Å². The molecule has 0 radical (unpaired) electrons. The summed E-state index contributed by atoms with van der Waals surface area (Å²) in [6, 6.07) is 11.6. The molecule has 3 heterocycles. The van der Waals surface area contributed by atoms with E-state index in [2.05, 4.69) is 4.98 Å². The standard InChI is InChI=1S/C19H20N4O2/c1-25-17-9-8-14(12-20-17)19-21-15-6-2-3-7-16(15)23(19)13-18(24)22-10-4-5-11-22/h2-3,6-9,12H,4-5,10-11,13H2,1H3. The number of imidazole rings is 1. The second-order valence-electron chi connectivity index (χ2n) is 6.19. The van der Waals surface area contributed by atoms with Crippen LogP contribution < -0.4 is 4.74 Å². The van der Waals surface area contributed by atoms with Crippen LogP contribution in [0, 0.1) is 0 Å². The average molecular weight is 336 g/mol. The van der Waals surface area contributed by atoms with Crippen molar-refractivity contribution < 1.29 is 9.53 Å². The molecule has 1 aliphatic heterocycles. The fourth-order valence-corrected chi connectivity index (χ4v) is 3.29. The zero-order chi connectivity index (χ0) is 17.2. The molecule has 0 aliphatic carbocycles. The zero-order valence-corrected chi connectivity index (χ0v) is 14.2. The molecule has 0 atom stereocenters. The Morgan fingerprint density at radius 2 is 1.96 bits per heavy atom. The summed E-state index contributed by atoms with van der Waals surface area (Å²) in [6.07, 6.45) is 3.91. The normalized spacial score (nSPS) is 14.2. The number of aromatic nitrogens is 3. The van der Waals surface area contributed by atoms with Crippen LogP contribution in [0.2, 0.25) is 0 Å². The van der Waals surface area contributed by atoms with Crippen molar-refractivity contribution in [3.05, 3.63) is 42.6 Å². The van der Waals surface area contributed by atoms with E-state index >= 15 is 0 Å². The number of methoxy groups -OCH3 is 1. The topological polar surface area (TPSA) is 60.3 Å². The van der Waals surface area contributed by atoms with E-state index < -0.39 is 0 Å². The number of carbonyl (C=O) groups is 1. The lowest BCUT2D eigenvalue weighted by Crippen LogP contribution is -2.31. The van der Waals surface area contributed by atoms with Crippen LogP contribution in [0.15, 0.2) is 42.6 Å². The van der Waals surface area contributed by atoms with Gasteiger partial charge in [-0.1, -0.05) is 12.1 Å². The molecule has 1 saturated heterocycles. The number of hydrogen-bond donors (Lipinski definition) is 0. The molecular weight excluding hydrogens is 316 g/mol. The summed E-state index contributed by atoms with van der Waals surface area (Å²) in [5.74, 6) is 1.45. The molecule has 0 saturated carbocycles. The van der Waals surface area contributed by atoms with Crippen LogP contribution in [-0.4, -0.2) is 45.5 Å². The van der Waals surface area contributed by atoms with E-state index in [4.69, 9.17) is 9.72 Å². The Morgan fingerprint density at radius 3 is 2.68 bits per heavy atom. The number of amides is 1. The molecule has 2 aromatic heterocycles. The molecule has 0 unspecified atom stereocenters. The number of benzene rings is 1. The third-order valence-electron chi connectivity index (χ3n) is 4.61. The van der Waals surface area contributed by atoms with Crippen molar-refractivity contribution >= 4 is 16.9 Å². The van der Waals surface area contributed by atoms with Crippen LogP contribution in [0.5, 0.6) is 5.88 Å². The van der Waals surface area contributed by atoms with Crippen molar-refractivity contribution in [1.29, 1.82) is 0 Å². The zero-order valence-electron chi connectivity index (χ0n) is 14.2. The van der Waals surface area contributed by atoms with Crippen molar-refractivity contribution in [1.82, 2.24) is 19.4 Å². The number of hydrogen-bond acceptors (Lipinski definition) is 4. The monoisotopic (exact) mass is 336 g/mol. The summed E-state index contributed by atoms with van der Waals surface area (Å²) in [5, 5.41) is 0. The van der Waals surface area contributed by atoms with Crippen molar-refractivity contribution in [2.24, 2.45) is 0 Å². The smallest absolute Gasteiger partial charge is 0.242 e. The lowest BCUT2D eigenvalue weighted by atomic mass is 10.2. The molecule has 0 bridgehead atoms. The summed E-state index contributed by atoms with van der Waals surface area (Å²) >= 11 is 0. The fraction of sp³-hybridized carbons (Fsp3) is 0.316. The molecule has 0 N–H and O–H groups in total. The molecule has 1 aromatic carbocycles. The van der Waals surface area contributed by atoms with Crippen LogP contribution in [0.4, 0.5) is 0 Å². The van der Waals surface area contributed by atoms with Crippen LogP contribution >= 0.6 is 0 Å². The van der Waals surface area contributed by atoms with Crippen molar-refractivity contribution in [2.45, 2.75) is 19.4 Å². The fourth-order valence-electron chi connectivity index (χ4n) is 3.29. The highest BCUT2D eigenvalue weighted by Gasteiger charge is 2.21. The number of pyridine rings is 1. The molecule has 6 heteroatoms. The highest BCUT2D eigenvalue weighted by atomic mass is 16.5. The van der Waals surface area contributed by atoms with E-state index in [1.807, 2.05) is 39.8 Å². The van der Waals surface area contributed by atoms with Gasteiger partial charge >= 0.3 is 0 Å². The van der Waals surface area contributed by atoms with Crippen molar-refractivity contribution in [2.75, 3.05) is 20.2 Å². The second kappa shape index (κ2) is 6.55. The summed E-state index contributed by atoms with van der Waals surface area (Å²) in [4.78, 5) is 23.6. The molecule has 1 aliphatic rings. The SMILES string of the molecule is COc1ccc(-c2nc3ccccc3n2CC(=O)N2CCCC2)cn1. The third kappa shape index (κ3) is 2.95. The van der Waals surface area contributed by atoms with Gasteiger partial charge in [-0.2, -0.15) is 0 Å². The van der Waals surface area contributed by atoms with Crippen molar-refractivity contribution in [3.63, 3.8) is 0 Å². The van der Waals surface area contributed by atoms with Crippen LogP contribution in [-0.2, 0) is 11.3 Å². The van der Waals surface area contributed by atoms with E-state index in [1.54, 1.807) is 19.4 Å². The van der Waals surface area contributed by atoms with E-state index in [0.717, 1.165) is 48.4 Å². The molecule has 1 amide bonds. The van der Waals surface area contributed by atoms with E-state index in [0.29, 0.717) is 12.4 Å². The molecular formula is C19H20N4O2. The largest absolute Gasteiger partial charge is 0.481 e. The molecule has 0 spiro atoms. The van der Waals surface area contributed by atoms with Gasteiger partial charge in [-0.25, -0.2) is 9.97 Å². The van der Waals surface area contributed by atoms with Gasteiger partial charge in [0.1, 0.15) is 12.4 Å². The molecule has 128 valence electrons. The predicted octanol–water partition coefficient (Wildman–Crippen LogP) is 2.73. The minimum atomic E-state index is 0.142. The number of para-hydroxylation sites is 2. The highest BCUT2D eigenvalue weighted by Crippen LogP contribution is 2.25. The Kier molecular flexibility index (Phi) is 4.09. The molecule has 25 heavy (non-hydrogen) atoms. The Bertz CT molecular complexity index is 895. The van der Waals surface area contributed by atoms with Crippen molar-refractivity contribution in [3.8, 4) is 17.3 Å². The van der Waals surface area contributed by atoms with Gasteiger partial charge in [-0.3, -0.25) is 4.79 Å². The Hall–Kier alpha value is -2.89. The Balaban J connectivity index is 1.75. The lowest BCUT2D eigenvalue weighted by Gasteiger charge is -2.17. The van der Waals surface area contributed by atoms with Crippen LogP contribution in [0.25, 0.3) is 22.4 Å². The van der Waals surface area contributed by atoms with E-state index in [1.165, 1.54) is 0 Å².